The Hall–Kier alpha value is -2.24. The van der Waals surface area contributed by atoms with E-state index >= 15 is 0 Å². The molecule has 1 N–H and O–H groups in total. The first-order chi connectivity index (χ1) is 13.1. The van der Waals surface area contributed by atoms with E-state index < -0.39 is 0 Å². The number of anilines is 1. The molecule has 0 atom stereocenters. The zero-order chi connectivity index (χ0) is 19.2. The van der Waals surface area contributed by atoms with Crippen molar-refractivity contribution in [3.8, 4) is 5.75 Å². The standard InChI is InChI=1S/C21H26ClN3O2/c1-16-19(22)7-4-8-20(16)23-21(26)25-13-11-24(12-14-25)10-9-17-5-3-6-18(15-17)27-2/h3-8,15H,9-14H2,1-2H3,(H,23,26). The highest BCUT2D eigenvalue weighted by atomic mass is 35.5. The molecule has 0 bridgehead atoms. The van der Waals surface area contributed by atoms with Crippen LogP contribution in [0.1, 0.15) is 11.1 Å². The summed E-state index contributed by atoms with van der Waals surface area (Å²) < 4.78 is 5.28. The van der Waals surface area contributed by atoms with Gasteiger partial charge in [0.05, 0.1) is 7.11 Å². The van der Waals surface area contributed by atoms with Crippen LogP contribution in [0.2, 0.25) is 5.02 Å². The Morgan fingerprint density at radius 3 is 2.63 bits per heavy atom. The molecule has 3 rings (SSSR count). The second-order valence-corrected chi connectivity index (χ2v) is 7.18. The Morgan fingerprint density at radius 2 is 1.89 bits per heavy atom. The highest BCUT2D eigenvalue weighted by molar-refractivity contribution is 6.31. The summed E-state index contributed by atoms with van der Waals surface area (Å²) in [6, 6.07) is 13.7. The maximum absolute atomic E-state index is 12.5. The number of rotatable bonds is 5. The van der Waals surface area contributed by atoms with Crippen LogP contribution in [0.3, 0.4) is 0 Å². The van der Waals surface area contributed by atoms with Gasteiger partial charge in [-0.05, 0) is 48.7 Å². The first-order valence-electron chi connectivity index (χ1n) is 9.23. The average Bonchev–Trinajstić information content (AvgIpc) is 2.70. The monoisotopic (exact) mass is 387 g/mol. The number of hydrogen-bond acceptors (Lipinski definition) is 3. The van der Waals surface area contributed by atoms with E-state index in [1.54, 1.807) is 7.11 Å². The lowest BCUT2D eigenvalue weighted by molar-refractivity contribution is 0.148. The summed E-state index contributed by atoms with van der Waals surface area (Å²) in [6.45, 7) is 6.11. The molecule has 1 saturated heterocycles. The molecule has 0 saturated carbocycles. The van der Waals surface area contributed by atoms with Gasteiger partial charge in [0.25, 0.3) is 0 Å². The van der Waals surface area contributed by atoms with Crippen molar-refractivity contribution in [3.05, 3.63) is 58.6 Å². The first-order valence-corrected chi connectivity index (χ1v) is 9.61. The lowest BCUT2D eigenvalue weighted by atomic mass is 10.1. The van der Waals surface area contributed by atoms with Gasteiger partial charge in [0.2, 0.25) is 0 Å². The van der Waals surface area contributed by atoms with E-state index in [9.17, 15) is 4.79 Å². The molecular formula is C21H26ClN3O2. The number of carbonyl (C=O) groups is 1. The number of halogens is 1. The maximum Gasteiger partial charge on any atom is 0.321 e. The fourth-order valence-electron chi connectivity index (χ4n) is 3.23. The molecule has 2 aromatic carbocycles. The van der Waals surface area contributed by atoms with Gasteiger partial charge in [0, 0.05) is 43.4 Å². The number of benzene rings is 2. The van der Waals surface area contributed by atoms with Gasteiger partial charge in [0.1, 0.15) is 5.75 Å². The molecule has 27 heavy (non-hydrogen) atoms. The minimum Gasteiger partial charge on any atom is -0.497 e. The van der Waals surface area contributed by atoms with Crippen molar-refractivity contribution in [2.75, 3.05) is 45.2 Å². The molecule has 1 aliphatic heterocycles. The highest BCUT2D eigenvalue weighted by Crippen LogP contribution is 2.23. The van der Waals surface area contributed by atoms with E-state index in [0.717, 1.165) is 56.1 Å². The fourth-order valence-corrected chi connectivity index (χ4v) is 3.40. The quantitative estimate of drug-likeness (QED) is 0.841. The van der Waals surface area contributed by atoms with Crippen LogP contribution in [0.15, 0.2) is 42.5 Å². The minimum absolute atomic E-state index is 0.0622. The normalized spacial score (nSPS) is 14.9. The third-order valence-corrected chi connectivity index (χ3v) is 5.43. The fraction of sp³-hybridized carbons (Fsp3) is 0.381. The number of urea groups is 1. The third-order valence-electron chi connectivity index (χ3n) is 5.02. The maximum atomic E-state index is 12.5. The lowest BCUT2D eigenvalue weighted by Crippen LogP contribution is -2.50. The second kappa shape index (κ2) is 9.11. The molecule has 2 aromatic rings. The molecule has 1 aliphatic rings. The molecule has 0 radical (unpaired) electrons. The number of carbonyl (C=O) groups excluding carboxylic acids is 1. The van der Waals surface area contributed by atoms with Crippen molar-refractivity contribution in [2.24, 2.45) is 0 Å². The van der Waals surface area contributed by atoms with Gasteiger partial charge in [-0.3, -0.25) is 4.90 Å². The van der Waals surface area contributed by atoms with Gasteiger partial charge in [-0.2, -0.15) is 0 Å². The van der Waals surface area contributed by atoms with Crippen molar-refractivity contribution in [2.45, 2.75) is 13.3 Å². The Morgan fingerprint density at radius 1 is 1.15 bits per heavy atom. The number of ether oxygens (including phenoxy) is 1. The molecule has 0 aliphatic carbocycles. The van der Waals surface area contributed by atoms with Crippen LogP contribution < -0.4 is 10.1 Å². The van der Waals surface area contributed by atoms with Crippen LogP contribution in [0.5, 0.6) is 5.75 Å². The van der Waals surface area contributed by atoms with Crippen molar-refractivity contribution in [3.63, 3.8) is 0 Å². The molecule has 1 heterocycles. The first kappa shape index (κ1) is 19.5. The lowest BCUT2D eigenvalue weighted by Gasteiger charge is -2.34. The Bertz CT molecular complexity index is 789. The van der Waals surface area contributed by atoms with Crippen molar-refractivity contribution in [1.82, 2.24) is 9.80 Å². The van der Waals surface area contributed by atoms with Gasteiger partial charge < -0.3 is 15.0 Å². The largest absolute Gasteiger partial charge is 0.497 e. The molecule has 1 fully saturated rings. The average molecular weight is 388 g/mol. The summed E-state index contributed by atoms with van der Waals surface area (Å²) in [5.74, 6) is 0.894. The van der Waals surface area contributed by atoms with Crippen LogP contribution in [0.25, 0.3) is 0 Å². The Balaban J connectivity index is 1.46. The number of nitrogens with zero attached hydrogens (tertiary/aromatic N) is 2. The number of amides is 2. The molecule has 144 valence electrons. The molecular weight excluding hydrogens is 362 g/mol. The topological polar surface area (TPSA) is 44.8 Å². The van der Waals surface area contributed by atoms with Crippen molar-refractivity contribution in [1.29, 1.82) is 0 Å². The van der Waals surface area contributed by atoms with E-state index in [1.165, 1.54) is 5.56 Å². The molecule has 6 heteroatoms. The summed E-state index contributed by atoms with van der Waals surface area (Å²) >= 11 is 6.13. The van der Waals surface area contributed by atoms with Crippen LogP contribution in [-0.2, 0) is 6.42 Å². The van der Waals surface area contributed by atoms with Crippen LogP contribution in [0.4, 0.5) is 10.5 Å². The molecule has 0 aromatic heterocycles. The van der Waals surface area contributed by atoms with Crippen LogP contribution in [0, 0.1) is 6.92 Å². The zero-order valence-corrected chi connectivity index (χ0v) is 16.6. The Labute approximate surface area is 165 Å². The minimum atomic E-state index is -0.0622. The molecule has 5 nitrogen and oxygen atoms in total. The summed E-state index contributed by atoms with van der Waals surface area (Å²) in [4.78, 5) is 16.8. The van der Waals surface area contributed by atoms with Gasteiger partial charge >= 0.3 is 6.03 Å². The van der Waals surface area contributed by atoms with E-state index in [4.69, 9.17) is 16.3 Å². The van der Waals surface area contributed by atoms with Gasteiger partial charge in [-0.15, -0.1) is 0 Å². The summed E-state index contributed by atoms with van der Waals surface area (Å²) in [7, 11) is 1.69. The number of hydrogen-bond donors (Lipinski definition) is 1. The molecule has 0 spiro atoms. The smallest absolute Gasteiger partial charge is 0.321 e. The SMILES string of the molecule is COc1cccc(CCN2CCN(C(=O)Nc3cccc(Cl)c3C)CC2)c1. The van der Waals surface area contributed by atoms with Gasteiger partial charge in [-0.25, -0.2) is 4.79 Å². The van der Waals surface area contributed by atoms with Crippen molar-refractivity contribution < 1.29 is 9.53 Å². The van der Waals surface area contributed by atoms with Gasteiger partial charge in [-0.1, -0.05) is 29.8 Å². The third kappa shape index (κ3) is 5.15. The van der Waals surface area contributed by atoms with Crippen LogP contribution in [-0.4, -0.2) is 55.7 Å². The summed E-state index contributed by atoms with van der Waals surface area (Å²) in [5, 5.41) is 3.64. The van der Waals surface area contributed by atoms with Crippen LogP contribution >= 0.6 is 11.6 Å². The summed E-state index contributed by atoms with van der Waals surface area (Å²) in [6.07, 6.45) is 0.977. The number of nitrogens with one attached hydrogen (secondary N) is 1. The van der Waals surface area contributed by atoms with E-state index in [0.29, 0.717) is 5.02 Å². The predicted octanol–water partition coefficient (Wildman–Crippen LogP) is 4.05. The molecule has 0 unspecified atom stereocenters. The zero-order valence-electron chi connectivity index (χ0n) is 15.9. The molecule has 2 amide bonds. The predicted molar refractivity (Wildman–Crippen MR) is 110 cm³/mol. The van der Waals surface area contributed by atoms with Gasteiger partial charge in [0.15, 0.2) is 0 Å². The summed E-state index contributed by atoms with van der Waals surface area (Å²) in [5.41, 5.74) is 2.93. The highest BCUT2D eigenvalue weighted by Gasteiger charge is 2.21. The van der Waals surface area contributed by atoms with E-state index in [-0.39, 0.29) is 6.03 Å². The van der Waals surface area contributed by atoms with Crippen molar-refractivity contribution >= 4 is 23.3 Å². The van der Waals surface area contributed by atoms with E-state index in [1.807, 2.05) is 42.2 Å². The van der Waals surface area contributed by atoms with E-state index in [2.05, 4.69) is 22.3 Å². The Kier molecular flexibility index (Phi) is 6.58. The second-order valence-electron chi connectivity index (χ2n) is 6.77. The number of methoxy groups -OCH3 is 1. The number of piperazine rings is 1.